The second-order valence-corrected chi connectivity index (χ2v) is 11.5. The first-order valence-corrected chi connectivity index (χ1v) is 12.6. The zero-order valence-electron chi connectivity index (χ0n) is 20.4. The van der Waals surface area contributed by atoms with Crippen molar-refractivity contribution >= 4 is 11.7 Å². The van der Waals surface area contributed by atoms with E-state index >= 15 is 0 Å². The summed E-state index contributed by atoms with van der Waals surface area (Å²) < 4.78 is 25.2. The van der Waals surface area contributed by atoms with Crippen LogP contribution in [0, 0.1) is 23.2 Å². The van der Waals surface area contributed by atoms with Gasteiger partial charge in [-0.25, -0.2) is 4.79 Å². The molecule has 5 heteroatoms. The molecular weight excluding hydrogens is 428 g/mol. The largest absolute Gasteiger partial charge is 0.492 e. The molecule has 0 aromatic heterocycles. The zero-order valence-corrected chi connectivity index (χ0v) is 20.4. The Morgan fingerprint density at radius 1 is 1.15 bits per heavy atom. The molecule has 7 unspecified atom stereocenters. The van der Waals surface area contributed by atoms with E-state index in [1.165, 1.54) is 5.57 Å². The SMILES string of the molecule is C=C1C(C(C)C)CC2OC23C2(C)CCC4=C(/C(=C(\OC)c5ccccc5)OC4=O)C2CC2OC123. The average molecular weight is 461 g/mol. The van der Waals surface area contributed by atoms with Gasteiger partial charge in [-0.3, -0.25) is 0 Å². The fourth-order valence-corrected chi connectivity index (χ4v) is 8.31. The fraction of sp³-hybridized carbons (Fsp3) is 0.552. The van der Waals surface area contributed by atoms with Crippen molar-refractivity contribution in [3.8, 4) is 0 Å². The molecule has 2 saturated heterocycles. The molecule has 5 nitrogen and oxygen atoms in total. The minimum Gasteiger partial charge on any atom is -0.492 e. The van der Waals surface area contributed by atoms with Crippen molar-refractivity contribution in [2.45, 2.75) is 69.9 Å². The molecule has 34 heavy (non-hydrogen) atoms. The lowest BCUT2D eigenvalue weighted by Crippen LogP contribution is -2.62. The van der Waals surface area contributed by atoms with Gasteiger partial charge < -0.3 is 18.9 Å². The topological polar surface area (TPSA) is 60.6 Å². The van der Waals surface area contributed by atoms with Gasteiger partial charge in [-0.15, -0.1) is 0 Å². The third-order valence-corrected chi connectivity index (χ3v) is 9.97. The van der Waals surface area contributed by atoms with Crippen molar-refractivity contribution in [1.82, 2.24) is 0 Å². The van der Waals surface area contributed by atoms with E-state index in [1.807, 2.05) is 30.3 Å². The predicted octanol–water partition coefficient (Wildman–Crippen LogP) is 5.18. The molecule has 7 atom stereocenters. The number of benzene rings is 1. The number of carbonyl (C=O) groups is 1. The van der Waals surface area contributed by atoms with E-state index in [4.69, 9.17) is 18.9 Å². The third kappa shape index (κ3) is 2.18. The maximum Gasteiger partial charge on any atom is 0.339 e. The van der Waals surface area contributed by atoms with Crippen LogP contribution in [0.2, 0.25) is 0 Å². The van der Waals surface area contributed by atoms with Crippen LogP contribution in [0.4, 0.5) is 0 Å². The number of cyclic esters (lactones) is 1. The molecule has 178 valence electrons. The molecule has 7 rings (SSSR count). The van der Waals surface area contributed by atoms with Crippen molar-refractivity contribution in [3.05, 3.63) is 65.0 Å². The summed E-state index contributed by atoms with van der Waals surface area (Å²) in [7, 11) is 1.65. The number of epoxide rings is 2. The minimum atomic E-state index is -0.370. The van der Waals surface area contributed by atoms with Gasteiger partial charge in [0.1, 0.15) is 11.2 Å². The standard InChI is InChI=1S/C29H32O5/c1-15(2)19-13-22-29(34-22)27(4)12-11-18-23(20(27)14-21-28(29,33-21)16(19)3)25(32-26(18)30)24(31-5)17-9-7-6-8-10-17/h6-10,15,19-22H,3,11-14H2,1-2,4-5H3/b25-24+. The van der Waals surface area contributed by atoms with Gasteiger partial charge >= 0.3 is 5.97 Å². The number of hydrogen-bond donors (Lipinski definition) is 0. The van der Waals surface area contributed by atoms with E-state index in [0.717, 1.165) is 36.0 Å². The van der Waals surface area contributed by atoms with Crippen LogP contribution in [-0.4, -0.2) is 36.5 Å². The molecular formula is C29H32O5. The lowest BCUT2D eigenvalue weighted by atomic mass is 9.46. The summed E-state index contributed by atoms with van der Waals surface area (Å²) in [4.78, 5) is 13.0. The molecule has 4 fully saturated rings. The summed E-state index contributed by atoms with van der Waals surface area (Å²) in [5, 5.41) is 0. The maximum atomic E-state index is 13.0. The highest BCUT2D eigenvalue weighted by Crippen LogP contribution is 2.80. The quantitative estimate of drug-likeness (QED) is 0.269. The van der Waals surface area contributed by atoms with E-state index in [1.54, 1.807) is 7.11 Å². The molecule has 6 aliphatic rings. The predicted molar refractivity (Wildman–Crippen MR) is 126 cm³/mol. The van der Waals surface area contributed by atoms with Gasteiger partial charge in [0.25, 0.3) is 0 Å². The Balaban J connectivity index is 1.36. The highest BCUT2D eigenvalue weighted by atomic mass is 16.7. The Labute approximate surface area is 200 Å². The fourth-order valence-electron chi connectivity index (χ4n) is 8.31. The van der Waals surface area contributed by atoms with E-state index in [-0.39, 0.29) is 40.7 Å². The molecule has 1 aromatic carbocycles. The number of ether oxygens (including phenoxy) is 4. The zero-order chi connectivity index (χ0) is 23.6. The van der Waals surface area contributed by atoms with Gasteiger partial charge in [-0.1, -0.05) is 57.7 Å². The van der Waals surface area contributed by atoms with Crippen LogP contribution in [0.5, 0.6) is 0 Å². The molecule has 1 aromatic rings. The monoisotopic (exact) mass is 460 g/mol. The van der Waals surface area contributed by atoms with Crippen molar-refractivity contribution < 1.29 is 23.7 Å². The van der Waals surface area contributed by atoms with E-state index < -0.39 is 0 Å². The molecule has 3 heterocycles. The Kier molecular flexibility index (Phi) is 3.97. The van der Waals surface area contributed by atoms with Gasteiger partial charge in [0, 0.05) is 22.1 Å². The molecule has 0 N–H and O–H groups in total. The molecule has 2 spiro atoms. The van der Waals surface area contributed by atoms with E-state index in [9.17, 15) is 4.79 Å². The first-order chi connectivity index (χ1) is 16.3. The number of allylic oxidation sites excluding steroid dienone is 1. The normalized spacial score (nSPS) is 45.0. The molecule has 0 radical (unpaired) electrons. The average Bonchev–Trinajstić information content (AvgIpc) is 3.71. The first-order valence-electron chi connectivity index (χ1n) is 12.6. The Bertz CT molecular complexity index is 1190. The van der Waals surface area contributed by atoms with Gasteiger partial charge in [-0.05, 0) is 49.0 Å². The minimum absolute atomic E-state index is 0.0798. The summed E-state index contributed by atoms with van der Waals surface area (Å²) in [6.45, 7) is 11.5. The lowest BCUT2D eigenvalue weighted by Gasteiger charge is -2.53. The highest BCUT2D eigenvalue weighted by molar-refractivity contribution is 5.97. The van der Waals surface area contributed by atoms with Crippen molar-refractivity contribution in [2.24, 2.45) is 23.2 Å². The van der Waals surface area contributed by atoms with Crippen molar-refractivity contribution in [2.75, 3.05) is 7.11 Å². The molecule has 3 aliphatic heterocycles. The smallest absolute Gasteiger partial charge is 0.339 e. The first kappa shape index (κ1) is 21.0. The van der Waals surface area contributed by atoms with Gasteiger partial charge in [0.15, 0.2) is 11.5 Å². The second-order valence-electron chi connectivity index (χ2n) is 11.5. The molecule has 3 aliphatic carbocycles. The summed E-state index contributed by atoms with van der Waals surface area (Å²) >= 11 is 0. The van der Waals surface area contributed by atoms with Crippen LogP contribution in [0.15, 0.2) is 59.4 Å². The van der Waals surface area contributed by atoms with Gasteiger partial charge in [-0.2, -0.15) is 0 Å². The van der Waals surface area contributed by atoms with E-state index in [2.05, 4.69) is 27.4 Å². The number of carbonyl (C=O) groups excluding carboxylic acids is 1. The number of hydrogen-bond acceptors (Lipinski definition) is 5. The van der Waals surface area contributed by atoms with Crippen molar-refractivity contribution in [1.29, 1.82) is 0 Å². The Morgan fingerprint density at radius 3 is 2.62 bits per heavy atom. The summed E-state index contributed by atoms with van der Waals surface area (Å²) in [5.41, 5.74) is 3.07. The lowest BCUT2D eigenvalue weighted by molar-refractivity contribution is -0.133. The number of fused-ring (bicyclic) bond motifs is 2. The molecule has 2 saturated carbocycles. The molecule has 0 bridgehead atoms. The number of esters is 1. The Hall–Kier alpha value is -2.37. The van der Waals surface area contributed by atoms with Crippen LogP contribution < -0.4 is 0 Å². The summed E-state index contributed by atoms with van der Waals surface area (Å²) in [6, 6.07) is 9.90. The number of rotatable bonds is 3. The Morgan fingerprint density at radius 2 is 1.91 bits per heavy atom. The number of methoxy groups -OCH3 is 1. The van der Waals surface area contributed by atoms with Gasteiger partial charge in [0.05, 0.1) is 19.3 Å². The third-order valence-electron chi connectivity index (χ3n) is 9.97. The second kappa shape index (κ2) is 6.44. The van der Waals surface area contributed by atoms with Crippen LogP contribution >= 0.6 is 0 Å². The van der Waals surface area contributed by atoms with Crippen LogP contribution in [0.1, 0.15) is 52.0 Å². The van der Waals surface area contributed by atoms with E-state index in [0.29, 0.717) is 29.8 Å². The van der Waals surface area contributed by atoms with Crippen LogP contribution in [-0.2, 0) is 23.7 Å². The van der Waals surface area contributed by atoms with Crippen LogP contribution in [0.3, 0.4) is 0 Å². The summed E-state index contributed by atoms with van der Waals surface area (Å²) in [6.07, 6.45) is 3.70. The van der Waals surface area contributed by atoms with Gasteiger partial charge in [0.2, 0.25) is 0 Å². The molecule has 0 amide bonds. The van der Waals surface area contributed by atoms with Crippen molar-refractivity contribution in [3.63, 3.8) is 0 Å². The highest BCUT2D eigenvalue weighted by Gasteiger charge is 2.91. The van der Waals surface area contributed by atoms with Crippen LogP contribution in [0.25, 0.3) is 5.76 Å². The maximum absolute atomic E-state index is 13.0. The summed E-state index contributed by atoms with van der Waals surface area (Å²) in [5.74, 6) is 2.03.